The van der Waals surface area contributed by atoms with Gasteiger partial charge in [-0.3, -0.25) is 9.78 Å². The molecule has 1 aromatic carbocycles. The number of anilines is 1. The van der Waals surface area contributed by atoms with E-state index in [0.717, 1.165) is 29.6 Å². The van der Waals surface area contributed by atoms with E-state index in [1.54, 1.807) is 11.6 Å². The highest BCUT2D eigenvalue weighted by molar-refractivity contribution is 8.00. The third-order valence-corrected chi connectivity index (χ3v) is 4.74. The fourth-order valence-corrected chi connectivity index (χ4v) is 3.29. The molecule has 2 heterocycles. The predicted molar refractivity (Wildman–Crippen MR) is 91.1 cm³/mol. The van der Waals surface area contributed by atoms with Gasteiger partial charge >= 0.3 is 0 Å². The monoisotopic (exact) mass is 363 g/mol. The van der Waals surface area contributed by atoms with Crippen LogP contribution in [-0.2, 0) is 4.79 Å². The first-order valence-electron chi connectivity index (χ1n) is 6.86. The third kappa shape index (κ3) is 4.15. The molecule has 0 aliphatic heterocycles. The number of nitrogens with one attached hydrogen (secondary N) is 1. The number of thiazole rings is 1. The van der Waals surface area contributed by atoms with Gasteiger partial charge in [-0.1, -0.05) is 6.07 Å². The summed E-state index contributed by atoms with van der Waals surface area (Å²) in [6, 6.07) is 8.75. The van der Waals surface area contributed by atoms with Crippen LogP contribution in [0.2, 0.25) is 0 Å². The van der Waals surface area contributed by atoms with E-state index >= 15 is 0 Å². The van der Waals surface area contributed by atoms with Gasteiger partial charge in [0.25, 0.3) is 0 Å². The van der Waals surface area contributed by atoms with E-state index in [9.17, 15) is 13.6 Å². The Morgan fingerprint density at radius 1 is 1.21 bits per heavy atom. The lowest BCUT2D eigenvalue weighted by Gasteiger charge is -2.03. The summed E-state index contributed by atoms with van der Waals surface area (Å²) in [4.78, 5) is 20.6. The zero-order valence-corrected chi connectivity index (χ0v) is 13.8. The molecule has 3 rings (SSSR count). The van der Waals surface area contributed by atoms with Crippen LogP contribution in [0.4, 0.5) is 13.9 Å². The van der Waals surface area contributed by atoms with Gasteiger partial charge in [-0.2, -0.15) is 0 Å². The molecular weight excluding hydrogens is 352 g/mol. The highest BCUT2D eigenvalue weighted by Crippen LogP contribution is 2.25. The van der Waals surface area contributed by atoms with E-state index in [4.69, 9.17) is 0 Å². The van der Waals surface area contributed by atoms with Gasteiger partial charge in [-0.25, -0.2) is 13.8 Å². The molecule has 2 aromatic heterocycles. The van der Waals surface area contributed by atoms with E-state index in [2.05, 4.69) is 15.3 Å². The van der Waals surface area contributed by atoms with Crippen LogP contribution >= 0.6 is 23.1 Å². The molecule has 3 aromatic rings. The van der Waals surface area contributed by atoms with Gasteiger partial charge in [-0.15, -0.1) is 23.1 Å². The van der Waals surface area contributed by atoms with Gasteiger partial charge in [-0.05, 0) is 24.3 Å². The highest BCUT2D eigenvalue weighted by Gasteiger charge is 2.11. The highest BCUT2D eigenvalue weighted by atomic mass is 32.2. The Morgan fingerprint density at radius 2 is 2.08 bits per heavy atom. The number of hydrogen-bond donors (Lipinski definition) is 1. The largest absolute Gasteiger partial charge is 0.301 e. The van der Waals surface area contributed by atoms with Gasteiger partial charge < -0.3 is 5.32 Å². The Balaban J connectivity index is 1.58. The maximum Gasteiger partial charge on any atom is 0.236 e. The number of rotatable bonds is 5. The summed E-state index contributed by atoms with van der Waals surface area (Å²) in [6.07, 6.45) is 1.67. The lowest BCUT2D eigenvalue weighted by atomic mass is 10.3. The molecule has 0 bridgehead atoms. The standard InChI is InChI=1S/C16H11F2N3OS2/c17-10-4-5-14(11(18)7-10)23-9-15(22)21-16-20-13(8-24-16)12-3-1-2-6-19-12/h1-8H,9H2,(H,20,21,22). The minimum absolute atomic E-state index is 0.00104. The summed E-state index contributed by atoms with van der Waals surface area (Å²) in [5, 5.41) is 4.90. The molecule has 0 atom stereocenters. The number of aromatic nitrogens is 2. The molecule has 0 saturated heterocycles. The summed E-state index contributed by atoms with van der Waals surface area (Å²) in [6.45, 7) is 0. The first kappa shape index (κ1) is 16.5. The maximum absolute atomic E-state index is 13.5. The van der Waals surface area contributed by atoms with Crippen LogP contribution in [0, 0.1) is 11.6 Å². The smallest absolute Gasteiger partial charge is 0.236 e. The lowest BCUT2D eigenvalue weighted by molar-refractivity contribution is -0.113. The van der Waals surface area contributed by atoms with Crippen molar-refractivity contribution in [1.82, 2.24) is 9.97 Å². The molecule has 0 aliphatic rings. The van der Waals surface area contributed by atoms with E-state index in [1.807, 2.05) is 18.2 Å². The summed E-state index contributed by atoms with van der Waals surface area (Å²) in [5.41, 5.74) is 1.39. The lowest BCUT2D eigenvalue weighted by Crippen LogP contribution is -2.13. The van der Waals surface area contributed by atoms with Crippen molar-refractivity contribution < 1.29 is 13.6 Å². The fourth-order valence-electron chi connectivity index (χ4n) is 1.85. The number of pyridine rings is 1. The second-order valence-corrected chi connectivity index (χ2v) is 6.54. The molecule has 1 N–H and O–H groups in total. The number of halogens is 2. The Hall–Kier alpha value is -2.32. The van der Waals surface area contributed by atoms with Gasteiger partial charge in [0.2, 0.25) is 5.91 Å². The van der Waals surface area contributed by atoms with Crippen LogP contribution in [0.3, 0.4) is 0 Å². The van der Waals surface area contributed by atoms with Gasteiger partial charge in [0.15, 0.2) is 5.13 Å². The van der Waals surface area contributed by atoms with Crippen LogP contribution in [0.15, 0.2) is 52.9 Å². The topological polar surface area (TPSA) is 54.9 Å². The molecule has 0 spiro atoms. The number of amides is 1. The van der Waals surface area contributed by atoms with Gasteiger partial charge in [0.05, 0.1) is 11.4 Å². The summed E-state index contributed by atoms with van der Waals surface area (Å²) < 4.78 is 26.3. The SMILES string of the molecule is O=C(CSc1ccc(F)cc1F)Nc1nc(-c2ccccn2)cs1. The molecule has 24 heavy (non-hydrogen) atoms. The normalized spacial score (nSPS) is 10.6. The van der Waals surface area contributed by atoms with Crippen molar-refractivity contribution in [2.75, 3.05) is 11.1 Å². The van der Waals surface area contributed by atoms with Crippen LogP contribution in [0.25, 0.3) is 11.4 Å². The summed E-state index contributed by atoms with van der Waals surface area (Å²) in [5.74, 6) is -1.64. The quantitative estimate of drug-likeness (QED) is 0.690. The number of nitrogens with zero attached hydrogens (tertiary/aromatic N) is 2. The van der Waals surface area contributed by atoms with Crippen LogP contribution in [0.1, 0.15) is 0 Å². The average Bonchev–Trinajstić information content (AvgIpc) is 3.03. The Labute approximate surface area is 145 Å². The molecule has 0 aliphatic carbocycles. The van der Waals surface area contributed by atoms with Crippen molar-refractivity contribution in [2.45, 2.75) is 4.90 Å². The zero-order valence-electron chi connectivity index (χ0n) is 12.2. The fraction of sp³-hybridized carbons (Fsp3) is 0.0625. The van der Waals surface area contributed by atoms with Gasteiger partial charge in [0, 0.05) is 22.5 Å². The van der Waals surface area contributed by atoms with Gasteiger partial charge in [0.1, 0.15) is 17.3 Å². The van der Waals surface area contributed by atoms with Crippen molar-refractivity contribution in [2.24, 2.45) is 0 Å². The predicted octanol–water partition coefficient (Wildman–Crippen LogP) is 4.21. The minimum Gasteiger partial charge on any atom is -0.301 e. The van der Waals surface area contributed by atoms with Crippen LogP contribution < -0.4 is 5.32 Å². The number of carbonyl (C=O) groups excluding carboxylic acids is 1. The van der Waals surface area contributed by atoms with E-state index in [-0.39, 0.29) is 16.6 Å². The Morgan fingerprint density at radius 3 is 2.83 bits per heavy atom. The van der Waals surface area contributed by atoms with Crippen molar-refractivity contribution in [3.8, 4) is 11.4 Å². The molecule has 8 heteroatoms. The first-order valence-corrected chi connectivity index (χ1v) is 8.73. The molecule has 0 radical (unpaired) electrons. The van der Waals surface area contributed by atoms with Crippen LogP contribution in [-0.4, -0.2) is 21.6 Å². The average molecular weight is 363 g/mol. The molecule has 0 saturated carbocycles. The number of hydrogen-bond acceptors (Lipinski definition) is 5. The second kappa shape index (κ2) is 7.50. The first-order chi connectivity index (χ1) is 11.6. The van der Waals surface area contributed by atoms with Crippen molar-refractivity contribution >= 4 is 34.1 Å². The molecule has 0 fully saturated rings. The molecule has 122 valence electrons. The molecule has 1 amide bonds. The Kier molecular flexibility index (Phi) is 5.17. The maximum atomic E-state index is 13.5. The third-order valence-electron chi connectivity index (χ3n) is 2.93. The summed E-state index contributed by atoms with van der Waals surface area (Å²) >= 11 is 2.28. The van der Waals surface area contributed by atoms with E-state index in [0.29, 0.717) is 10.8 Å². The Bertz CT molecular complexity index is 856. The van der Waals surface area contributed by atoms with E-state index < -0.39 is 11.6 Å². The number of benzene rings is 1. The minimum atomic E-state index is -0.681. The molecule has 4 nitrogen and oxygen atoms in total. The van der Waals surface area contributed by atoms with Crippen molar-refractivity contribution in [3.63, 3.8) is 0 Å². The number of carbonyl (C=O) groups is 1. The molecular formula is C16H11F2N3OS2. The number of thioether (sulfide) groups is 1. The van der Waals surface area contributed by atoms with Crippen LogP contribution in [0.5, 0.6) is 0 Å². The van der Waals surface area contributed by atoms with E-state index in [1.165, 1.54) is 17.4 Å². The van der Waals surface area contributed by atoms with Crippen molar-refractivity contribution in [3.05, 3.63) is 59.6 Å². The van der Waals surface area contributed by atoms with Crippen molar-refractivity contribution in [1.29, 1.82) is 0 Å². The zero-order chi connectivity index (χ0) is 16.9. The second-order valence-electron chi connectivity index (χ2n) is 4.66. The summed E-state index contributed by atoms with van der Waals surface area (Å²) in [7, 11) is 0. The molecule has 0 unspecified atom stereocenters.